The Bertz CT molecular complexity index is 1720. The Morgan fingerprint density at radius 1 is 1.20 bits per heavy atom. The number of aliphatic hydroxyl groups is 1. The summed E-state index contributed by atoms with van der Waals surface area (Å²) in [5.74, 6) is -0.605. The predicted molar refractivity (Wildman–Crippen MR) is 148 cm³/mol. The fraction of sp³-hybridized carbons (Fsp3) is 0.286. The van der Waals surface area contributed by atoms with Crippen molar-refractivity contribution in [2.75, 3.05) is 7.11 Å². The molecular formula is C28H27N7O4S. The molecule has 204 valence electrons. The zero-order valence-electron chi connectivity index (χ0n) is 21.9. The van der Waals surface area contributed by atoms with Gasteiger partial charge >= 0.3 is 0 Å². The molecule has 0 fully saturated rings. The van der Waals surface area contributed by atoms with Crippen LogP contribution in [-0.2, 0) is 11.3 Å². The first-order valence-corrected chi connectivity index (χ1v) is 13.6. The molecule has 3 N–H and O–H groups in total. The predicted octanol–water partition coefficient (Wildman–Crippen LogP) is 3.16. The van der Waals surface area contributed by atoms with Crippen LogP contribution in [0.2, 0.25) is 0 Å². The lowest BCUT2D eigenvalue weighted by atomic mass is 9.81. The first-order valence-electron chi connectivity index (χ1n) is 12.9. The number of fused-ring (bicyclic) bond motifs is 4. The van der Waals surface area contributed by atoms with Crippen LogP contribution in [0.4, 0.5) is 0 Å². The van der Waals surface area contributed by atoms with Gasteiger partial charge in [0.1, 0.15) is 22.4 Å². The summed E-state index contributed by atoms with van der Waals surface area (Å²) >= 11 is 1.14. The van der Waals surface area contributed by atoms with Gasteiger partial charge in [0, 0.05) is 43.0 Å². The third kappa shape index (κ3) is 4.92. The van der Waals surface area contributed by atoms with Gasteiger partial charge in [-0.3, -0.25) is 9.59 Å². The number of benzene rings is 1. The lowest BCUT2D eigenvalue weighted by Gasteiger charge is -2.28. The van der Waals surface area contributed by atoms with Crippen LogP contribution in [0, 0.1) is 11.8 Å². The minimum Gasteiger partial charge on any atom is -0.364 e. The Morgan fingerprint density at radius 3 is 2.90 bits per heavy atom. The molecule has 0 aliphatic heterocycles. The van der Waals surface area contributed by atoms with Crippen molar-refractivity contribution in [3.8, 4) is 0 Å². The summed E-state index contributed by atoms with van der Waals surface area (Å²) in [5.41, 5.74) is 5.76. The second-order valence-corrected chi connectivity index (χ2v) is 10.4. The number of methoxy groups -OCH3 is 1. The molecule has 0 radical (unpaired) electrons. The maximum absolute atomic E-state index is 13.5. The zero-order valence-corrected chi connectivity index (χ0v) is 22.7. The number of nitrogens with one attached hydrogen (secondary N) is 2. The van der Waals surface area contributed by atoms with Crippen LogP contribution in [0.25, 0.3) is 16.7 Å². The number of aliphatic hydroxyl groups excluding tert-OH is 1. The molecule has 0 spiro atoms. The zero-order chi connectivity index (χ0) is 27.8. The average Bonchev–Trinajstić information content (AvgIpc) is 3.62. The number of rotatable bonds is 7. The number of allylic oxidation sites excluding steroid dienone is 3. The standard InChI is InChI=1S/C28H27N7O4S/c1-15-17-5-8-20(18(12-17)4-6-19(15)28(38)39-2)32-27(37)24-13-23(31-25-9-10-30-35(24)25)26(36)29-14-16-3-7-21-22(11-16)34-40-33-21/h3-4,6-11,13,17-18,28,38H,5,12,14H2,1-2H3,(H,29,36)(H,32,37). The molecule has 3 heterocycles. The SMILES string of the molecule is COC(O)C1=C(C)C2CC=C(NC(=O)c3cc(C(=O)NCc4ccc5nsnc5c4)nc4ccnn34)C(C=C1)C2. The van der Waals surface area contributed by atoms with Gasteiger partial charge in [-0.2, -0.15) is 13.8 Å². The molecule has 6 rings (SSSR count). The molecule has 0 saturated carbocycles. The van der Waals surface area contributed by atoms with E-state index >= 15 is 0 Å². The molecule has 2 bridgehead atoms. The molecule has 1 aromatic carbocycles. The van der Waals surface area contributed by atoms with Crippen molar-refractivity contribution in [3.05, 3.63) is 88.6 Å². The van der Waals surface area contributed by atoms with E-state index in [1.54, 1.807) is 6.07 Å². The van der Waals surface area contributed by atoms with E-state index in [2.05, 4.69) is 29.5 Å². The number of carbonyl (C=O) groups excluding carboxylic acids is 2. The highest BCUT2D eigenvalue weighted by Crippen LogP contribution is 2.38. The Kier molecular flexibility index (Phi) is 6.96. The van der Waals surface area contributed by atoms with Crippen LogP contribution in [-0.4, -0.2) is 53.7 Å². The molecule has 2 aliphatic rings. The quantitative estimate of drug-likeness (QED) is 0.294. The van der Waals surface area contributed by atoms with E-state index in [4.69, 9.17) is 4.74 Å². The number of amides is 2. The average molecular weight is 558 g/mol. The largest absolute Gasteiger partial charge is 0.364 e. The van der Waals surface area contributed by atoms with E-state index in [1.807, 2.05) is 43.4 Å². The molecule has 3 aromatic heterocycles. The van der Waals surface area contributed by atoms with Gasteiger partial charge in [-0.1, -0.05) is 29.9 Å². The Labute approximate surface area is 233 Å². The fourth-order valence-electron chi connectivity index (χ4n) is 5.22. The summed E-state index contributed by atoms with van der Waals surface area (Å²) in [5, 5.41) is 20.4. The summed E-state index contributed by atoms with van der Waals surface area (Å²) in [6.07, 6.45) is 7.96. The van der Waals surface area contributed by atoms with Gasteiger partial charge in [0.25, 0.3) is 11.8 Å². The lowest BCUT2D eigenvalue weighted by Crippen LogP contribution is -2.32. The molecule has 0 saturated heterocycles. The lowest BCUT2D eigenvalue weighted by molar-refractivity contribution is -0.0430. The van der Waals surface area contributed by atoms with Crippen LogP contribution in [0.3, 0.4) is 0 Å². The fourth-order valence-corrected chi connectivity index (χ4v) is 5.73. The number of carbonyl (C=O) groups is 2. The smallest absolute Gasteiger partial charge is 0.274 e. The van der Waals surface area contributed by atoms with Crippen LogP contribution in [0.15, 0.2) is 71.6 Å². The van der Waals surface area contributed by atoms with Gasteiger partial charge in [0.2, 0.25) is 0 Å². The van der Waals surface area contributed by atoms with Crippen LogP contribution >= 0.6 is 11.7 Å². The van der Waals surface area contributed by atoms with Gasteiger partial charge < -0.3 is 20.5 Å². The van der Waals surface area contributed by atoms with Gasteiger partial charge in [-0.15, -0.1) is 0 Å². The number of hydrogen-bond donors (Lipinski definition) is 3. The maximum atomic E-state index is 13.5. The topological polar surface area (TPSA) is 144 Å². The molecule has 2 amide bonds. The third-order valence-corrected chi connectivity index (χ3v) is 8.04. The monoisotopic (exact) mass is 557 g/mol. The highest BCUT2D eigenvalue weighted by Gasteiger charge is 2.30. The summed E-state index contributed by atoms with van der Waals surface area (Å²) in [6.45, 7) is 2.29. The van der Waals surface area contributed by atoms with E-state index in [-0.39, 0.29) is 29.8 Å². The molecule has 4 aromatic rings. The summed E-state index contributed by atoms with van der Waals surface area (Å²) in [4.78, 5) is 31.0. The van der Waals surface area contributed by atoms with Crippen molar-refractivity contribution in [3.63, 3.8) is 0 Å². The minimum absolute atomic E-state index is 0.0396. The Balaban J connectivity index is 1.21. The van der Waals surface area contributed by atoms with Crippen molar-refractivity contribution in [2.24, 2.45) is 11.8 Å². The second kappa shape index (κ2) is 10.7. The van der Waals surface area contributed by atoms with E-state index in [0.717, 1.165) is 58.0 Å². The first kappa shape index (κ1) is 26.0. The first-order chi connectivity index (χ1) is 19.4. The van der Waals surface area contributed by atoms with E-state index in [0.29, 0.717) is 5.65 Å². The number of nitrogens with zero attached hydrogens (tertiary/aromatic N) is 5. The molecule has 3 atom stereocenters. The van der Waals surface area contributed by atoms with Crippen molar-refractivity contribution >= 4 is 40.2 Å². The Morgan fingerprint density at radius 2 is 2.05 bits per heavy atom. The number of hydrogen-bond acceptors (Lipinski definition) is 9. The number of ether oxygens (including phenoxy) is 1. The Hall–Kier alpha value is -4.26. The van der Waals surface area contributed by atoms with Crippen LogP contribution in [0.1, 0.15) is 46.3 Å². The van der Waals surface area contributed by atoms with Gasteiger partial charge in [0.15, 0.2) is 11.9 Å². The highest BCUT2D eigenvalue weighted by molar-refractivity contribution is 7.00. The summed E-state index contributed by atoms with van der Waals surface area (Å²) < 4.78 is 15.0. The molecule has 12 heteroatoms. The summed E-state index contributed by atoms with van der Waals surface area (Å²) in [6, 6.07) is 8.73. The molecular weight excluding hydrogens is 530 g/mol. The molecule has 11 nitrogen and oxygen atoms in total. The van der Waals surface area contributed by atoms with Crippen molar-refractivity contribution < 1.29 is 19.4 Å². The van der Waals surface area contributed by atoms with E-state index < -0.39 is 18.1 Å². The third-order valence-electron chi connectivity index (χ3n) is 7.48. The van der Waals surface area contributed by atoms with Crippen molar-refractivity contribution in [1.29, 1.82) is 0 Å². The molecule has 3 unspecified atom stereocenters. The van der Waals surface area contributed by atoms with Gasteiger partial charge in [-0.25, -0.2) is 9.50 Å². The van der Waals surface area contributed by atoms with Crippen LogP contribution < -0.4 is 10.6 Å². The van der Waals surface area contributed by atoms with Crippen molar-refractivity contribution in [1.82, 2.24) is 34.0 Å². The van der Waals surface area contributed by atoms with Crippen molar-refractivity contribution in [2.45, 2.75) is 32.6 Å². The highest BCUT2D eigenvalue weighted by atomic mass is 32.1. The second-order valence-electron chi connectivity index (χ2n) is 9.87. The summed E-state index contributed by atoms with van der Waals surface area (Å²) in [7, 11) is 1.47. The van der Waals surface area contributed by atoms with E-state index in [1.165, 1.54) is 23.9 Å². The normalized spacial score (nSPS) is 19.4. The van der Waals surface area contributed by atoms with Gasteiger partial charge in [0.05, 0.1) is 17.9 Å². The van der Waals surface area contributed by atoms with Gasteiger partial charge in [-0.05, 0) is 43.4 Å². The number of aromatic nitrogens is 5. The minimum atomic E-state index is -0.990. The molecule has 2 aliphatic carbocycles. The molecule has 40 heavy (non-hydrogen) atoms. The maximum Gasteiger partial charge on any atom is 0.274 e. The van der Waals surface area contributed by atoms with E-state index in [9.17, 15) is 14.7 Å². The van der Waals surface area contributed by atoms with Crippen LogP contribution in [0.5, 0.6) is 0 Å².